The van der Waals surface area contributed by atoms with Crippen LogP contribution < -0.4 is 10.1 Å². The number of amides is 1. The Morgan fingerprint density at radius 2 is 2.04 bits per heavy atom. The standard InChI is InChI=1S/C18H17ClN4O2/c1-25-15-7-5-12(6-8-15)17-21-16(22-23-17)9-10-20-18(24)13-3-2-4-14(19)11-13/h2-8,11H,9-10H2,1H3,(H,20,24)(H,21,22,23). The van der Waals surface area contributed by atoms with Crippen LogP contribution in [-0.4, -0.2) is 34.7 Å². The van der Waals surface area contributed by atoms with Gasteiger partial charge in [0.1, 0.15) is 11.6 Å². The van der Waals surface area contributed by atoms with Crippen LogP contribution in [-0.2, 0) is 6.42 Å². The summed E-state index contributed by atoms with van der Waals surface area (Å²) >= 11 is 5.89. The Kier molecular flexibility index (Phi) is 5.30. The van der Waals surface area contributed by atoms with Gasteiger partial charge in [0.05, 0.1) is 7.11 Å². The maximum absolute atomic E-state index is 12.0. The summed E-state index contributed by atoms with van der Waals surface area (Å²) < 4.78 is 5.13. The Bertz CT molecular complexity index is 862. The zero-order valence-electron chi connectivity index (χ0n) is 13.6. The van der Waals surface area contributed by atoms with Gasteiger partial charge >= 0.3 is 0 Å². The van der Waals surface area contributed by atoms with Crippen LogP contribution in [0.15, 0.2) is 48.5 Å². The van der Waals surface area contributed by atoms with Crippen LogP contribution in [0.2, 0.25) is 5.02 Å². The number of carbonyl (C=O) groups is 1. The third-order valence-electron chi connectivity index (χ3n) is 3.61. The fourth-order valence-corrected chi connectivity index (χ4v) is 2.49. The van der Waals surface area contributed by atoms with Gasteiger partial charge in [0.2, 0.25) is 0 Å². The highest BCUT2D eigenvalue weighted by Gasteiger charge is 2.08. The SMILES string of the molecule is COc1ccc(-c2n[nH]c(CCNC(=O)c3cccc(Cl)c3)n2)cc1. The van der Waals surface area contributed by atoms with Crippen molar-refractivity contribution in [3.63, 3.8) is 0 Å². The Hall–Kier alpha value is -2.86. The van der Waals surface area contributed by atoms with Crippen LogP contribution >= 0.6 is 11.6 Å². The number of halogens is 1. The van der Waals surface area contributed by atoms with Crippen molar-refractivity contribution in [3.05, 3.63) is 64.9 Å². The van der Waals surface area contributed by atoms with Gasteiger partial charge in [0, 0.05) is 29.1 Å². The second-order valence-electron chi connectivity index (χ2n) is 5.35. The minimum absolute atomic E-state index is 0.169. The molecule has 25 heavy (non-hydrogen) atoms. The molecule has 0 aliphatic heterocycles. The number of benzene rings is 2. The van der Waals surface area contributed by atoms with Crippen LogP contribution in [0.1, 0.15) is 16.2 Å². The zero-order chi connectivity index (χ0) is 17.6. The van der Waals surface area contributed by atoms with Gasteiger partial charge in [-0.3, -0.25) is 9.89 Å². The predicted octanol–water partition coefficient (Wildman–Crippen LogP) is 3.11. The van der Waals surface area contributed by atoms with Crippen molar-refractivity contribution in [1.29, 1.82) is 0 Å². The smallest absolute Gasteiger partial charge is 0.251 e. The number of hydrogen-bond acceptors (Lipinski definition) is 4. The summed E-state index contributed by atoms with van der Waals surface area (Å²) in [6.45, 7) is 0.447. The maximum Gasteiger partial charge on any atom is 0.251 e. The Balaban J connectivity index is 1.55. The van der Waals surface area contributed by atoms with Crippen molar-refractivity contribution in [1.82, 2.24) is 20.5 Å². The number of nitrogens with zero attached hydrogens (tertiary/aromatic N) is 2. The van der Waals surface area contributed by atoms with Crippen LogP contribution in [0, 0.1) is 0 Å². The molecule has 0 atom stereocenters. The van der Waals surface area contributed by atoms with E-state index >= 15 is 0 Å². The van der Waals surface area contributed by atoms with Gasteiger partial charge in [-0.25, -0.2) is 4.98 Å². The number of hydrogen-bond donors (Lipinski definition) is 2. The molecule has 128 valence electrons. The van der Waals surface area contributed by atoms with Crippen LogP contribution in [0.5, 0.6) is 5.75 Å². The fourth-order valence-electron chi connectivity index (χ4n) is 2.30. The molecule has 0 aliphatic carbocycles. The zero-order valence-corrected chi connectivity index (χ0v) is 14.4. The molecule has 7 heteroatoms. The van der Waals surface area contributed by atoms with Gasteiger partial charge in [-0.2, -0.15) is 5.10 Å². The first kappa shape index (κ1) is 17.0. The highest BCUT2D eigenvalue weighted by Crippen LogP contribution is 2.19. The summed E-state index contributed by atoms with van der Waals surface area (Å²) in [7, 11) is 1.62. The number of nitrogens with one attached hydrogen (secondary N) is 2. The van der Waals surface area contributed by atoms with Gasteiger partial charge in [0.25, 0.3) is 5.91 Å². The van der Waals surface area contributed by atoms with E-state index in [1.54, 1.807) is 31.4 Å². The molecule has 3 rings (SSSR count). The molecule has 2 N–H and O–H groups in total. The van der Waals surface area contributed by atoms with E-state index in [1.807, 2.05) is 24.3 Å². The topological polar surface area (TPSA) is 79.9 Å². The van der Waals surface area contributed by atoms with E-state index in [2.05, 4.69) is 20.5 Å². The summed E-state index contributed by atoms with van der Waals surface area (Å²) in [6, 6.07) is 14.3. The lowest BCUT2D eigenvalue weighted by atomic mass is 10.2. The molecule has 1 aromatic heterocycles. The van der Waals surface area contributed by atoms with E-state index in [4.69, 9.17) is 16.3 Å². The normalized spacial score (nSPS) is 10.5. The summed E-state index contributed by atoms with van der Waals surface area (Å²) in [6.07, 6.45) is 0.551. The van der Waals surface area contributed by atoms with Crippen LogP contribution in [0.4, 0.5) is 0 Å². The highest BCUT2D eigenvalue weighted by atomic mass is 35.5. The van der Waals surface area contributed by atoms with Gasteiger partial charge in [-0.05, 0) is 42.5 Å². The van der Waals surface area contributed by atoms with E-state index < -0.39 is 0 Å². The van der Waals surface area contributed by atoms with E-state index in [0.29, 0.717) is 35.2 Å². The summed E-state index contributed by atoms with van der Waals surface area (Å²) in [5, 5.41) is 10.5. The molecule has 1 heterocycles. The molecule has 0 bridgehead atoms. The average Bonchev–Trinajstić information content (AvgIpc) is 3.10. The molecule has 0 saturated heterocycles. The minimum Gasteiger partial charge on any atom is -0.497 e. The molecular weight excluding hydrogens is 340 g/mol. The summed E-state index contributed by atoms with van der Waals surface area (Å²) in [4.78, 5) is 16.5. The van der Waals surface area contributed by atoms with Crippen LogP contribution in [0.25, 0.3) is 11.4 Å². The van der Waals surface area contributed by atoms with E-state index in [-0.39, 0.29) is 5.91 Å². The number of aromatic nitrogens is 3. The van der Waals surface area contributed by atoms with Crippen molar-refractivity contribution in [3.8, 4) is 17.1 Å². The summed E-state index contributed by atoms with van der Waals surface area (Å²) in [5.41, 5.74) is 1.43. The lowest BCUT2D eigenvalue weighted by Gasteiger charge is -2.04. The third kappa shape index (κ3) is 4.36. The van der Waals surface area contributed by atoms with Crippen molar-refractivity contribution < 1.29 is 9.53 Å². The lowest BCUT2D eigenvalue weighted by Crippen LogP contribution is -2.25. The molecule has 0 fully saturated rings. The average molecular weight is 357 g/mol. The number of rotatable bonds is 6. The van der Waals surface area contributed by atoms with Crippen LogP contribution in [0.3, 0.4) is 0 Å². The number of H-pyrrole nitrogens is 1. The second-order valence-corrected chi connectivity index (χ2v) is 5.79. The molecule has 6 nitrogen and oxygen atoms in total. The molecular formula is C18H17ClN4O2. The van der Waals surface area contributed by atoms with Crippen molar-refractivity contribution in [2.45, 2.75) is 6.42 Å². The molecule has 3 aromatic rings. The Labute approximate surface area is 150 Å². The molecule has 0 spiro atoms. The largest absolute Gasteiger partial charge is 0.497 e. The molecule has 0 radical (unpaired) electrons. The number of carbonyl (C=O) groups excluding carboxylic acids is 1. The fraction of sp³-hybridized carbons (Fsp3) is 0.167. The molecule has 0 unspecified atom stereocenters. The number of methoxy groups -OCH3 is 1. The highest BCUT2D eigenvalue weighted by molar-refractivity contribution is 6.30. The van der Waals surface area contributed by atoms with Gasteiger partial charge in [0.15, 0.2) is 5.82 Å². The van der Waals surface area contributed by atoms with E-state index in [9.17, 15) is 4.79 Å². The van der Waals surface area contributed by atoms with Gasteiger partial charge in [-0.1, -0.05) is 17.7 Å². The molecule has 2 aromatic carbocycles. The van der Waals surface area contributed by atoms with Crippen molar-refractivity contribution >= 4 is 17.5 Å². The quantitative estimate of drug-likeness (QED) is 0.711. The monoisotopic (exact) mass is 356 g/mol. The first-order valence-corrected chi connectivity index (χ1v) is 8.13. The number of ether oxygens (including phenoxy) is 1. The lowest BCUT2D eigenvalue weighted by molar-refractivity contribution is 0.0954. The Morgan fingerprint density at radius 1 is 1.24 bits per heavy atom. The second kappa shape index (κ2) is 7.81. The van der Waals surface area contributed by atoms with E-state index in [0.717, 1.165) is 11.3 Å². The Morgan fingerprint density at radius 3 is 2.76 bits per heavy atom. The number of aromatic amines is 1. The predicted molar refractivity (Wildman–Crippen MR) is 95.9 cm³/mol. The van der Waals surface area contributed by atoms with Crippen molar-refractivity contribution in [2.75, 3.05) is 13.7 Å². The summed E-state index contributed by atoms with van der Waals surface area (Å²) in [5.74, 6) is 1.93. The minimum atomic E-state index is -0.169. The van der Waals surface area contributed by atoms with Gasteiger partial charge < -0.3 is 10.1 Å². The molecule has 0 saturated carbocycles. The van der Waals surface area contributed by atoms with Crippen molar-refractivity contribution in [2.24, 2.45) is 0 Å². The maximum atomic E-state index is 12.0. The molecule has 0 aliphatic rings. The van der Waals surface area contributed by atoms with E-state index in [1.165, 1.54) is 0 Å². The first-order chi connectivity index (χ1) is 12.2. The third-order valence-corrected chi connectivity index (χ3v) is 3.85. The first-order valence-electron chi connectivity index (χ1n) is 7.75. The molecule has 1 amide bonds. The van der Waals surface area contributed by atoms with Gasteiger partial charge in [-0.15, -0.1) is 0 Å².